The minimum Gasteiger partial charge on any atom is -0.392 e. The van der Waals surface area contributed by atoms with Crippen LogP contribution in [0.15, 0.2) is 12.5 Å². The van der Waals surface area contributed by atoms with Gasteiger partial charge in [0.05, 0.1) is 12.4 Å². The van der Waals surface area contributed by atoms with Crippen molar-refractivity contribution in [1.82, 2.24) is 9.55 Å². The first-order chi connectivity index (χ1) is 6.29. The Balaban J connectivity index is 2.19. The lowest BCUT2D eigenvalue weighted by atomic mass is 9.84. The second kappa shape index (κ2) is 3.50. The lowest BCUT2D eigenvalue weighted by molar-refractivity contribution is 0.103. The fourth-order valence-electron chi connectivity index (χ4n) is 2.18. The highest BCUT2D eigenvalue weighted by Crippen LogP contribution is 2.32. The summed E-state index contributed by atoms with van der Waals surface area (Å²) in [6, 6.07) is 0. The van der Waals surface area contributed by atoms with Crippen molar-refractivity contribution in [2.24, 2.45) is 7.05 Å². The molecular formula is C10H16N2O. The van der Waals surface area contributed by atoms with Gasteiger partial charge < -0.3 is 9.67 Å². The van der Waals surface area contributed by atoms with Gasteiger partial charge in [0.25, 0.3) is 0 Å². The number of nitrogens with zero attached hydrogens (tertiary/aromatic N) is 2. The zero-order valence-electron chi connectivity index (χ0n) is 7.98. The van der Waals surface area contributed by atoms with Crippen LogP contribution in [0, 0.1) is 0 Å². The fourth-order valence-corrected chi connectivity index (χ4v) is 2.18. The van der Waals surface area contributed by atoms with Crippen LogP contribution in [0.4, 0.5) is 0 Å². The van der Waals surface area contributed by atoms with Gasteiger partial charge in [-0.05, 0) is 12.8 Å². The van der Waals surface area contributed by atoms with Gasteiger partial charge in [-0.3, -0.25) is 0 Å². The van der Waals surface area contributed by atoms with Gasteiger partial charge in [-0.2, -0.15) is 0 Å². The Morgan fingerprint density at radius 3 is 2.85 bits per heavy atom. The van der Waals surface area contributed by atoms with Gasteiger partial charge in [-0.15, -0.1) is 0 Å². The number of aliphatic hydroxyl groups is 1. The van der Waals surface area contributed by atoms with Gasteiger partial charge >= 0.3 is 0 Å². The summed E-state index contributed by atoms with van der Waals surface area (Å²) in [6.07, 6.45) is 7.94. The van der Waals surface area contributed by atoms with E-state index >= 15 is 0 Å². The molecule has 1 aliphatic rings. The molecule has 72 valence electrons. The second-order valence-electron chi connectivity index (χ2n) is 3.89. The predicted molar refractivity (Wildman–Crippen MR) is 50.4 cm³/mol. The standard InChI is InChI=1S/C10H16N2O/c1-12-7-11-6-9(12)8-4-2-3-5-10(8)13/h6-8,10,13H,2-5H2,1H3/t8-,10-/m1/s1. The molecule has 1 heterocycles. The number of hydrogen-bond acceptors (Lipinski definition) is 2. The van der Waals surface area contributed by atoms with E-state index in [9.17, 15) is 5.11 Å². The molecule has 3 nitrogen and oxygen atoms in total. The van der Waals surface area contributed by atoms with Crippen LogP contribution in [-0.2, 0) is 7.05 Å². The summed E-state index contributed by atoms with van der Waals surface area (Å²) >= 11 is 0. The summed E-state index contributed by atoms with van der Waals surface area (Å²) in [5.74, 6) is 0.307. The molecule has 1 aromatic rings. The van der Waals surface area contributed by atoms with Crippen molar-refractivity contribution >= 4 is 0 Å². The van der Waals surface area contributed by atoms with Crippen molar-refractivity contribution in [2.75, 3.05) is 0 Å². The highest BCUT2D eigenvalue weighted by atomic mass is 16.3. The van der Waals surface area contributed by atoms with Crippen LogP contribution in [0.5, 0.6) is 0 Å². The number of aliphatic hydroxyl groups excluding tert-OH is 1. The summed E-state index contributed by atoms with van der Waals surface area (Å²) in [5, 5.41) is 9.82. The monoisotopic (exact) mass is 180 g/mol. The van der Waals surface area contributed by atoms with Gasteiger partial charge in [0.1, 0.15) is 0 Å². The van der Waals surface area contributed by atoms with Gasteiger partial charge in [0, 0.05) is 24.9 Å². The van der Waals surface area contributed by atoms with Crippen LogP contribution in [0.25, 0.3) is 0 Å². The molecule has 0 unspecified atom stereocenters. The van der Waals surface area contributed by atoms with E-state index < -0.39 is 0 Å². The second-order valence-corrected chi connectivity index (χ2v) is 3.89. The van der Waals surface area contributed by atoms with Crippen molar-refractivity contribution in [3.05, 3.63) is 18.2 Å². The summed E-state index contributed by atoms with van der Waals surface area (Å²) < 4.78 is 2.01. The number of aryl methyl sites for hydroxylation is 1. The maximum atomic E-state index is 9.82. The van der Waals surface area contributed by atoms with E-state index in [0.717, 1.165) is 19.3 Å². The third kappa shape index (κ3) is 1.61. The lowest BCUT2D eigenvalue weighted by Gasteiger charge is -2.27. The van der Waals surface area contributed by atoms with Crippen molar-refractivity contribution in [3.8, 4) is 0 Å². The SMILES string of the molecule is Cn1cncc1[C@H]1CCCC[C@H]1O. The van der Waals surface area contributed by atoms with Gasteiger partial charge in [-0.1, -0.05) is 12.8 Å². The molecule has 0 radical (unpaired) electrons. The molecular weight excluding hydrogens is 164 g/mol. The number of aromatic nitrogens is 2. The average Bonchev–Trinajstić information content (AvgIpc) is 2.52. The predicted octanol–water partition coefficient (Wildman–Crippen LogP) is 1.44. The molecule has 1 aromatic heterocycles. The first-order valence-corrected chi connectivity index (χ1v) is 4.93. The molecule has 1 saturated carbocycles. The van der Waals surface area contributed by atoms with E-state index in [1.165, 1.54) is 12.1 Å². The third-order valence-corrected chi connectivity index (χ3v) is 2.96. The van der Waals surface area contributed by atoms with E-state index in [4.69, 9.17) is 0 Å². The highest BCUT2D eigenvalue weighted by molar-refractivity contribution is 5.09. The van der Waals surface area contributed by atoms with E-state index in [2.05, 4.69) is 4.98 Å². The number of imidazole rings is 1. The molecule has 0 aromatic carbocycles. The lowest BCUT2D eigenvalue weighted by Crippen LogP contribution is -2.24. The first-order valence-electron chi connectivity index (χ1n) is 4.93. The quantitative estimate of drug-likeness (QED) is 0.710. The Bertz CT molecular complexity index is 282. The van der Waals surface area contributed by atoms with Gasteiger partial charge in [0.2, 0.25) is 0 Å². The third-order valence-electron chi connectivity index (χ3n) is 2.96. The highest BCUT2D eigenvalue weighted by Gasteiger charge is 2.26. The molecule has 0 aliphatic heterocycles. The van der Waals surface area contributed by atoms with Crippen LogP contribution >= 0.6 is 0 Å². The molecule has 3 heteroatoms. The van der Waals surface area contributed by atoms with Gasteiger partial charge in [0.15, 0.2) is 0 Å². The Morgan fingerprint density at radius 1 is 1.46 bits per heavy atom. The van der Waals surface area contributed by atoms with Crippen molar-refractivity contribution in [3.63, 3.8) is 0 Å². The molecule has 13 heavy (non-hydrogen) atoms. The van der Waals surface area contributed by atoms with E-state index in [0.29, 0.717) is 5.92 Å². The minimum atomic E-state index is -0.163. The largest absolute Gasteiger partial charge is 0.392 e. The topological polar surface area (TPSA) is 38.0 Å². The summed E-state index contributed by atoms with van der Waals surface area (Å²) in [5.41, 5.74) is 1.17. The smallest absolute Gasteiger partial charge is 0.0945 e. The normalized spacial score (nSPS) is 29.1. The molecule has 0 amide bonds. The summed E-state index contributed by atoms with van der Waals surface area (Å²) in [7, 11) is 1.99. The minimum absolute atomic E-state index is 0.163. The zero-order chi connectivity index (χ0) is 9.26. The maximum Gasteiger partial charge on any atom is 0.0945 e. The molecule has 2 atom stereocenters. The average molecular weight is 180 g/mol. The molecule has 1 aliphatic carbocycles. The number of hydrogen-bond donors (Lipinski definition) is 1. The molecule has 1 N–H and O–H groups in total. The van der Waals surface area contributed by atoms with E-state index in [1.54, 1.807) is 6.33 Å². The van der Waals surface area contributed by atoms with E-state index in [1.807, 2.05) is 17.8 Å². The van der Waals surface area contributed by atoms with Crippen molar-refractivity contribution in [2.45, 2.75) is 37.7 Å². The Hall–Kier alpha value is -0.830. The molecule has 0 spiro atoms. The first kappa shape index (κ1) is 8.75. The fraction of sp³-hybridized carbons (Fsp3) is 0.700. The number of rotatable bonds is 1. The van der Waals surface area contributed by atoms with Crippen LogP contribution in [0.1, 0.15) is 37.3 Å². The zero-order valence-corrected chi connectivity index (χ0v) is 7.98. The molecule has 0 saturated heterocycles. The Morgan fingerprint density at radius 2 is 2.23 bits per heavy atom. The molecule has 2 rings (SSSR count). The maximum absolute atomic E-state index is 9.82. The van der Waals surface area contributed by atoms with Crippen molar-refractivity contribution < 1.29 is 5.11 Å². The van der Waals surface area contributed by atoms with Crippen LogP contribution in [0.2, 0.25) is 0 Å². The van der Waals surface area contributed by atoms with Crippen LogP contribution < -0.4 is 0 Å². The van der Waals surface area contributed by atoms with Crippen LogP contribution in [0.3, 0.4) is 0 Å². The molecule has 1 fully saturated rings. The van der Waals surface area contributed by atoms with Crippen molar-refractivity contribution in [1.29, 1.82) is 0 Å². The Kier molecular flexibility index (Phi) is 2.36. The summed E-state index contributed by atoms with van der Waals surface area (Å²) in [6.45, 7) is 0. The van der Waals surface area contributed by atoms with E-state index in [-0.39, 0.29) is 6.10 Å². The Labute approximate surface area is 78.4 Å². The van der Waals surface area contributed by atoms with Crippen LogP contribution in [-0.4, -0.2) is 20.8 Å². The molecule has 0 bridgehead atoms. The van der Waals surface area contributed by atoms with Gasteiger partial charge in [-0.25, -0.2) is 4.98 Å². The summed E-state index contributed by atoms with van der Waals surface area (Å²) in [4.78, 5) is 4.08.